The molecule has 3 nitrogen and oxygen atoms in total. The standard InChI is InChI=1S/C6H5.K.HO3S/c1-2-4-6-5-3-1;;1-4(2)3/h1-5H;;(H,1,2,3)/q;+1;-1. The Balaban J connectivity index is 0. The second-order valence-electron chi connectivity index (χ2n) is 1.29. The Morgan fingerprint density at radius 2 is 1.45 bits per heavy atom. The number of hydrogen-bond donors (Lipinski definition) is 1. The van der Waals surface area contributed by atoms with Gasteiger partial charge in [0.05, 0.1) is 0 Å². The Morgan fingerprint density at radius 1 is 1.09 bits per heavy atom. The van der Waals surface area contributed by atoms with Crippen molar-refractivity contribution in [2.24, 2.45) is 0 Å². The maximum Gasteiger partial charge on any atom is 1.00 e. The molecule has 0 atom stereocenters. The van der Waals surface area contributed by atoms with Crippen LogP contribution in [0.4, 0.5) is 0 Å². The third-order valence-electron chi connectivity index (χ3n) is 0.607. The van der Waals surface area contributed by atoms with Crippen LogP contribution >= 0.6 is 0 Å². The molecule has 0 aliphatic carbocycles. The molecule has 0 bridgehead atoms. The van der Waals surface area contributed by atoms with Gasteiger partial charge in [-0.2, -0.15) is 0 Å². The molecule has 1 N–H and O–H groups in total. The molecule has 0 unspecified atom stereocenters. The molecule has 5 heteroatoms. The fraction of sp³-hybridized carbons (Fsp3) is 0. The maximum absolute atomic E-state index is 8.56. The molecule has 0 aliphatic heterocycles. The van der Waals surface area contributed by atoms with E-state index >= 15 is 0 Å². The summed E-state index contributed by atoms with van der Waals surface area (Å²) >= 11 is 0. The minimum absolute atomic E-state index is 0. The van der Waals surface area contributed by atoms with Crippen LogP contribution in [0.1, 0.15) is 0 Å². The largest absolute Gasteiger partial charge is 1.00 e. The molecule has 1 radical (unpaired) electrons. The molecule has 11 heavy (non-hydrogen) atoms. The van der Waals surface area contributed by atoms with Gasteiger partial charge in [-0.05, 0) is 6.07 Å². The van der Waals surface area contributed by atoms with Crippen molar-refractivity contribution < 1.29 is 64.4 Å². The van der Waals surface area contributed by atoms with Gasteiger partial charge in [-0.15, -0.1) is 0 Å². The monoisotopic (exact) mass is 197 g/mol. The van der Waals surface area contributed by atoms with Gasteiger partial charge in [-0.1, -0.05) is 30.3 Å². The summed E-state index contributed by atoms with van der Waals surface area (Å²) in [7, 11) is -2.86. The zero-order valence-electron chi connectivity index (χ0n) is 6.06. The van der Waals surface area contributed by atoms with Crippen molar-refractivity contribution >= 4 is 11.0 Å². The van der Waals surface area contributed by atoms with Gasteiger partial charge in [-0.3, -0.25) is 0 Å². The number of rotatable bonds is 0. The molecule has 1 aromatic carbocycles. The van der Waals surface area contributed by atoms with Crippen LogP contribution in [-0.2, 0) is 19.4 Å². The molecule has 0 fully saturated rings. The Labute approximate surface area is 110 Å². The van der Waals surface area contributed by atoms with Gasteiger partial charge in [0.1, 0.15) is 0 Å². The van der Waals surface area contributed by atoms with Crippen molar-refractivity contribution in [2.75, 3.05) is 0 Å². The van der Waals surface area contributed by atoms with Crippen molar-refractivity contribution in [3.63, 3.8) is 0 Å². The van der Waals surface area contributed by atoms with E-state index in [9.17, 15) is 0 Å². The van der Waals surface area contributed by atoms with Gasteiger partial charge in [0.15, 0.2) is 0 Å². The maximum atomic E-state index is 8.56. The second kappa shape index (κ2) is 10.8. The molecular weight excluding hydrogens is 191 g/mol. The van der Waals surface area contributed by atoms with E-state index in [-0.39, 0.29) is 51.4 Å². The number of benzene rings is 1. The SMILES string of the molecule is O=[S-](=O)O.[K+].[c]1ccccc1. The second-order valence-corrected chi connectivity index (χ2v) is 1.73. The molecule has 0 aromatic heterocycles. The average Bonchev–Trinajstić information content (AvgIpc) is 1.90. The van der Waals surface area contributed by atoms with Crippen LogP contribution in [0.2, 0.25) is 0 Å². The zero-order valence-corrected chi connectivity index (χ0v) is 10.00. The van der Waals surface area contributed by atoms with E-state index < -0.39 is 11.0 Å². The van der Waals surface area contributed by atoms with Crippen LogP contribution in [0, 0.1) is 6.07 Å². The summed E-state index contributed by atoms with van der Waals surface area (Å²) in [5.41, 5.74) is 0. The quantitative estimate of drug-likeness (QED) is 0.232. The molecule has 0 aliphatic rings. The first kappa shape index (κ1) is 14.3. The summed E-state index contributed by atoms with van der Waals surface area (Å²) in [6.45, 7) is 0. The van der Waals surface area contributed by atoms with Crippen molar-refractivity contribution in [1.82, 2.24) is 0 Å². The van der Waals surface area contributed by atoms with E-state index in [1.54, 1.807) is 0 Å². The fourth-order valence-corrected chi connectivity index (χ4v) is 0.342. The minimum Gasteiger partial charge on any atom is -0.439 e. The third kappa shape index (κ3) is 18.1. The van der Waals surface area contributed by atoms with E-state index in [0.29, 0.717) is 0 Å². The topological polar surface area (TPSA) is 54.4 Å². The first-order valence-electron chi connectivity index (χ1n) is 2.43. The van der Waals surface area contributed by atoms with Crippen molar-refractivity contribution in [3.8, 4) is 0 Å². The average molecular weight is 197 g/mol. The minimum atomic E-state index is -2.86. The van der Waals surface area contributed by atoms with Crippen molar-refractivity contribution in [2.45, 2.75) is 0 Å². The van der Waals surface area contributed by atoms with Gasteiger partial charge in [0.2, 0.25) is 0 Å². The predicted octanol–water partition coefficient (Wildman–Crippen LogP) is -1.74. The number of hydrogen-bond acceptors (Lipinski definition) is 3. The third-order valence-corrected chi connectivity index (χ3v) is 0.607. The molecule has 1 aromatic rings. The fourth-order valence-electron chi connectivity index (χ4n) is 0.342. The molecule has 0 spiro atoms. The van der Waals surface area contributed by atoms with Crippen LogP contribution in [0.3, 0.4) is 0 Å². The smallest absolute Gasteiger partial charge is 0.439 e. The summed E-state index contributed by atoms with van der Waals surface area (Å²) in [6.07, 6.45) is 0. The Hall–Kier alpha value is 0.766. The summed E-state index contributed by atoms with van der Waals surface area (Å²) in [5, 5.41) is 0. The van der Waals surface area contributed by atoms with E-state index in [2.05, 4.69) is 6.07 Å². The van der Waals surface area contributed by atoms with Crippen LogP contribution in [-0.4, -0.2) is 4.55 Å². The molecular formula is C6H6KO3S. The van der Waals surface area contributed by atoms with Gasteiger partial charge < -0.3 is 13.0 Å². The molecule has 0 saturated heterocycles. The molecule has 55 valence electrons. The van der Waals surface area contributed by atoms with Crippen molar-refractivity contribution in [3.05, 3.63) is 36.4 Å². The van der Waals surface area contributed by atoms with Crippen LogP contribution in [0.15, 0.2) is 30.3 Å². The summed E-state index contributed by atoms with van der Waals surface area (Å²) in [4.78, 5) is 0. The van der Waals surface area contributed by atoms with Crippen molar-refractivity contribution in [1.29, 1.82) is 0 Å². The Morgan fingerprint density at radius 3 is 1.55 bits per heavy atom. The molecule has 0 heterocycles. The summed E-state index contributed by atoms with van der Waals surface area (Å²) < 4.78 is 24.1. The van der Waals surface area contributed by atoms with E-state index in [1.165, 1.54) is 0 Å². The van der Waals surface area contributed by atoms with Crippen LogP contribution in [0.25, 0.3) is 0 Å². The van der Waals surface area contributed by atoms with Gasteiger partial charge in [0.25, 0.3) is 0 Å². The first-order valence-corrected chi connectivity index (χ1v) is 3.46. The van der Waals surface area contributed by atoms with E-state index in [4.69, 9.17) is 13.0 Å². The Kier molecular flexibility index (Phi) is 14.0. The Bertz CT molecular complexity index is 188. The normalized spacial score (nSPS) is 7.45. The van der Waals surface area contributed by atoms with E-state index in [1.807, 2.05) is 30.3 Å². The molecule has 1 rings (SSSR count). The zero-order chi connectivity index (χ0) is 7.82. The summed E-state index contributed by atoms with van der Waals surface area (Å²) in [5.74, 6) is 0. The molecule has 0 saturated carbocycles. The van der Waals surface area contributed by atoms with Gasteiger partial charge in [-0.25, -0.2) is 0 Å². The summed E-state index contributed by atoms with van der Waals surface area (Å²) in [6, 6.07) is 12.5. The predicted molar refractivity (Wildman–Crippen MR) is 36.6 cm³/mol. The van der Waals surface area contributed by atoms with Gasteiger partial charge >= 0.3 is 51.4 Å². The first-order chi connectivity index (χ1) is 4.73. The van der Waals surface area contributed by atoms with Gasteiger partial charge in [0, 0.05) is 11.0 Å². The molecule has 0 amide bonds. The van der Waals surface area contributed by atoms with Crippen LogP contribution in [0.5, 0.6) is 0 Å². The van der Waals surface area contributed by atoms with E-state index in [0.717, 1.165) is 0 Å². The van der Waals surface area contributed by atoms with Crippen LogP contribution < -0.4 is 51.4 Å².